The molecule has 0 saturated carbocycles. The Morgan fingerprint density at radius 3 is 2.57 bits per heavy atom. The monoisotopic (exact) mass is 443 g/mol. The molecular weight excluding hydrogens is 422 g/mol. The van der Waals surface area contributed by atoms with E-state index in [9.17, 15) is 13.2 Å². The van der Waals surface area contributed by atoms with Crippen LogP contribution in [0.5, 0.6) is 0 Å². The van der Waals surface area contributed by atoms with Crippen molar-refractivity contribution in [2.24, 2.45) is 5.92 Å². The van der Waals surface area contributed by atoms with Crippen molar-refractivity contribution in [2.45, 2.75) is 31.7 Å². The van der Waals surface area contributed by atoms with Crippen LogP contribution in [0.3, 0.4) is 0 Å². The van der Waals surface area contributed by atoms with Gasteiger partial charge in [0.05, 0.1) is 0 Å². The summed E-state index contributed by atoms with van der Waals surface area (Å²) < 4.78 is 30.1. The van der Waals surface area contributed by atoms with Gasteiger partial charge in [-0.2, -0.15) is 8.42 Å². The molecule has 0 spiro atoms. The average molecular weight is 444 g/mol. The largest absolute Gasteiger partial charge is 0.341 e. The van der Waals surface area contributed by atoms with Gasteiger partial charge in [-0.15, -0.1) is 10.2 Å². The standard InChI is InChI=1S/C20H21N5O3S2/c1-4-25-16-8-6-5-7-14(16)15-11-13(9-10-17(15)25)24-30(27,28)20-23-22-19(29-20)21-18(26)12(2)3/h5-12,24H,4H2,1-3H3,(H,21,22,26). The highest BCUT2D eigenvalue weighted by atomic mass is 32.2. The van der Waals surface area contributed by atoms with Crippen LogP contribution in [0.15, 0.2) is 46.8 Å². The number of benzene rings is 2. The summed E-state index contributed by atoms with van der Waals surface area (Å²) in [6.07, 6.45) is 0. The predicted octanol–water partition coefficient (Wildman–Crippen LogP) is 4.06. The lowest BCUT2D eigenvalue weighted by atomic mass is 10.1. The molecule has 0 saturated heterocycles. The predicted molar refractivity (Wildman–Crippen MR) is 119 cm³/mol. The maximum atomic E-state index is 12.8. The van der Waals surface area contributed by atoms with Crippen molar-refractivity contribution in [2.75, 3.05) is 10.0 Å². The quantitative estimate of drug-likeness (QED) is 0.437. The van der Waals surface area contributed by atoms with Crippen molar-refractivity contribution in [1.29, 1.82) is 0 Å². The number of aryl methyl sites for hydroxylation is 1. The number of carbonyl (C=O) groups is 1. The van der Waals surface area contributed by atoms with E-state index in [4.69, 9.17) is 0 Å². The van der Waals surface area contributed by atoms with E-state index < -0.39 is 10.0 Å². The molecule has 0 fully saturated rings. The summed E-state index contributed by atoms with van der Waals surface area (Å²) in [6, 6.07) is 13.5. The van der Waals surface area contributed by atoms with E-state index in [0.717, 1.165) is 39.7 Å². The zero-order valence-electron chi connectivity index (χ0n) is 16.7. The molecule has 2 N–H and O–H groups in total. The van der Waals surface area contributed by atoms with Gasteiger partial charge in [0.15, 0.2) is 0 Å². The van der Waals surface area contributed by atoms with Crippen molar-refractivity contribution in [3.8, 4) is 0 Å². The smallest absolute Gasteiger partial charge is 0.291 e. The summed E-state index contributed by atoms with van der Waals surface area (Å²) >= 11 is 0.810. The summed E-state index contributed by atoms with van der Waals surface area (Å²) in [4.78, 5) is 11.8. The Hall–Kier alpha value is -2.98. The first kappa shape index (κ1) is 20.3. The highest BCUT2D eigenvalue weighted by Crippen LogP contribution is 2.32. The van der Waals surface area contributed by atoms with E-state index in [0.29, 0.717) is 5.69 Å². The molecule has 0 aliphatic carbocycles. The molecule has 8 nitrogen and oxygen atoms in total. The molecule has 4 aromatic rings. The Bertz CT molecular complexity index is 1360. The highest BCUT2D eigenvalue weighted by Gasteiger charge is 2.22. The van der Waals surface area contributed by atoms with Crippen molar-refractivity contribution in [1.82, 2.24) is 14.8 Å². The first-order valence-corrected chi connectivity index (χ1v) is 11.8. The molecule has 4 rings (SSSR count). The van der Waals surface area contributed by atoms with Crippen molar-refractivity contribution in [3.05, 3.63) is 42.5 Å². The van der Waals surface area contributed by atoms with Crippen molar-refractivity contribution >= 4 is 59.9 Å². The van der Waals surface area contributed by atoms with Gasteiger partial charge in [0.25, 0.3) is 14.4 Å². The van der Waals surface area contributed by atoms with Crippen LogP contribution in [0.2, 0.25) is 0 Å². The number of fused-ring (bicyclic) bond motifs is 3. The number of aromatic nitrogens is 3. The minimum Gasteiger partial charge on any atom is -0.341 e. The minimum atomic E-state index is -3.93. The van der Waals surface area contributed by atoms with Gasteiger partial charge in [0, 0.05) is 40.0 Å². The normalized spacial score (nSPS) is 12.0. The van der Waals surface area contributed by atoms with Crippen LogP contribution in [-0.4, -0.2) is 29.1 Å². The molecule has 0 aliphatic rings. The molecular formula is C20H21N5O3S2. The zero-order chi connectivity index (χ0) is 21.5. The van der Waals surface area contributed by atoms with E-state index in [1.807, 2.05) is 30.3 Å². The average Bonchev–Trinajstić information content (AvgIpc) is 3.30. The number of hydrogen-bond acceptors (Lipinski definition) is 6. The van der Waals surface area contributed by atoms with Gasteiger partial charge in [-0.3, -0.25) is 9.52 Å². The lowest BCUT2D eigenvalue weighted by molar-refractivity contribution is -0.118. The summed E-state index contributed by atoms with van der Waals surface area (Å²) in [6.45, 7) is 6.36. The fourth-order valence-corrected chi connectivity index (χ4v) is 5.23. The first-order chi connectivity index (χ1) is 14.3. The van der Waals surface area contributed by atoms with Gasteiger partial charge in [-0.1, -0.05) is 43.4 Å². The second-order valence-corrected chi connectivity index (χ2v) is 9.95. The Balaban J connectivity index is 1.66. The molecule has 30 heavy (non-hydrogen) atoms. The lowest BCUT2D eigenvalue weighted by Crippen LogP contribution is -2.17. The van der Waals surface area contributed by atoms with Crippen LogP contribution < -0.4 is 10.0 Å². The maximum Gasteiger partial charge on any atom is 0.291 e. The number of anilines is 2. The Morgan fingerprint density at radius 1 is 1.10 bits per heavy atom. The molecule has 0 unspecified atom stereocenters. The summed E-state index contributed by atoms with van der Waals surface area (Å²) in [5.41, 5.74) is 2.57. The van der Waals surface area contributed by atoms with E-state index in [-0.39, 0.29) is 21.3 Å². The van der Waals surface area contributed by atoms with Crippen molar-refractivity contribution < 1.29 is 13.2 Å². The zero-order valence-corrected chi connectivity index (χ0v) is 18.3. The van der Waals surface area contributed by atoms with Gasteiger partial charge in [0.1, 0.15) is 0 Å². The number of amides is 1. The number of para-hydroxylation sites is 1. The van der Waals surface area contributed by atoms with Crippen LogP contribution in [-0.2, 0) is 21.4 Å². The van der Waals surface area contributed by atoms with Gasteiger partial charge < -0.3 is 9.88 Å². The van der Waals surface area contributed by atoms with Crippen LogP contribution in [0.1, 0.15) is 20.8 Å². The number of hydrogen-bond donors (Lipinski definition) is 2. The molecule has 2 aromatic heterocycles. The second kappa shape index (κ2) is 7.69. The highest BCUT2D eigenvalue weighted by molar-refractivity contribution is 7.94. The number of nitrogens with zero attached hydrogens (tertiary/aromatic N) is 3. The first-order valence-electron chi connectivity index (χ1n) is 9.48. The third-order valence-corrected chi connectivity index (χ3v) is 7.32. The number of carbonyl (C=O) groups excluding carboxylic acids is 1. The Kier molecular flexibility index (Phi) is 5.20. The fourth-order valence-electron chi connectivity index (χ4n) is 3.28. The second-order valence-electron chi connectivity index (χ2n) is 7.12. The summed E-state index contributed by atoms with van der Waals surface area (Å²) in [7, 11) is -3.93. The van der Waals surface area contributed by atoms with Crippen LogP contribution in [0, 0.1) is 5.92 Å². The van der Waals surface area contributed by atoms with Gasteiger partial charge in [-0.05, 0) is 31.2 Å². The molecule has 2 heterocycles. The third-order valence-electron chi connectivity index (χ3n) is 4.73. The summed E-state index contributed by atoms with van der Waals surface area (Å²) in [5, 5.41) is 12.2. The number of sulfonamides is 1. The molecule has 156 valence electrons. The van der Waals surface area contributed by atoms with E-state index in [1.54, 1.807) is 19.9 Å². The molecule has 0 bridgehead atoms. The number of rotatable bonds is 6. The van der Waals surface area contributed by atoms with Crippen molar-refractivity contribution in [3.63, 3.8) is 0 Å². The van der Waals surface area contributed by atoms with E-state index in [1.165, 1.54) is 0 Å². The van der Waals surface area contributed by atoms with Gasteiger partial charge in [0.2, 0.25) is 11.0 Å². The molecule has 10 heteroatoms. The van der Waals surface area contributed by atoms with Gasteiger partial charge >= 0.3 is 0 Å². The molecule has 0 atom stereocenters. The maximum absolute atomic E-state index is 12.8. The SMILES string of the molecule is CCn1c2ccccc2c2cc(NS(=O)(=O)c3nnc(NC(=O)C(C)C)s3)ccc21. The topological polar surface area (TPSA) is 106 Å². The van der Waals surface area contributed by atoms with E-state index in [2.05, 4.69) is 37.8 Å². The number of nitrogens with one attached hydrogen (secondary N) is 2. The fraction of sp³-hybridized carbons (Fsp3) is 0.250. The van der Waals surface area contributed by atoms with Gasteiger partial charge in [-0.25, -0.2) is 0 Å². The molecule has 2 aromatic carbocycles. The lowest BCUT2D eigenvalue weighted by Gasteiger charge is -2.06. The van der Waals surface area contributed by atoms with E-state index >= 15 is 0 Å². The van der Waals surface area contributed by atoms with Crippen LogP contribution in [0.25, 0.3) is 21.8 Å². The Morgan fingerprint density at radius 2 is 1.83 bits per heavy atom. The minimum absolute atomic E-state index is 0.149. The third kappa shape index (κ3) is 3.63. The van der Waals surface area contributed by atoms with Crippen LogP contribution >= 0.6 is 11.3 Å². The molecule has 0 radical (unpaired) electrons. The van der Waals surface area contributed by atoms with Crippen LogP contribution in [0.4, 0.5) is 10.8 Å². The molecule has 0 aliphatic heterocycles. The Labute approximate surface area is 178 Å². The molecule has 1 amide bonds. The summed E-state index contributed by atoms with van der Waals surface area (Å²) in [5.74, 6) is -0.495.